The van der Waals surface area contributed by atoms with Crippen LogP contribution in [0.4, 0.5) is 8.78 Å². The van der Waals surface area contributed by atoms with Crippen LogP contribution in [-0.2, 0) is 0 Å². The minimum Gasteiger partial charge on any atom is -0.198 e. The van der Waals surface area contributed by atoms with Crippen molar-refractivity contribution in [2.75, 3.05) is 0 Å². The van der Waals surface area contributed by atoms with Gasteiger partial charge in [0.1, 0.15) is 6.07 Å². The minimum atomic E-state index is -2.44. The molecule has 0 spiro atoms. The normalized spacial score (nSPS) is 10.0. The SMILES string of the molecule is N#Cc1cc(SC(F)F)sn1. The van der Waals surface area contributed by atoms with Gasteiger partial charge in [-0.25, -0.2) is 0 Å². The van der Waals surface area contributed by atoms with Crippen molar-refractivity contribution in [2.24, 2.45) is 0 Å². The maximum Gasteiger partial charge on any atom is 0.289 e. The standard InChI is InChI=1S/C5H2F2N2S2/c6-5(7)10-4-1-3(2-8)9-11-4/h1,5H. The first-order chi connectivity index (χ1) is 5.22. The molecule has 0 fully saturated rings. The molecule has 6 heteroatoms. The first-order valence-corrected chi connectivity index (χ1v) is 4.19. The number of nitriles is 1. The number of thioether (sulfide) groups is 1. The Labute approximate surface area is 70.0 Å². The number of aromatic nitrogens is 1. The third kappa shape index (κ3) is 2.44. The van der Waals surface area contributed by atoms with Gasteiger partial charge in [0.25, 0.3) is 5.76 Å². The van der Waals surface area contributed by atoms with Gasteiger partial charge in [0.15, 0.2) is 5.69 Å². The summed E-state index contributed by atoms with van der Waals surface area (Å²) in [6.07, 6.45) is 0. The van der Waals surface area contributed by atoms with E-state index in [1.54, 1.807) is 6.07 Å². The molecule has 1 rings (SSSR count). The molecule has 1 heterocycles. The van der Waals surface area contributed by atoms with Crippen molar-refractivity contribution in [3.05, 3.63) is 11.8 Å². The Bertz CT molecular complexity index is 278. The highest BCUT2D eigenvalue weighted by Gasteiger charge is 2.08. The summed E-state index contributed by atoms with van der Waals surface area (Å²) in [5, 5.41) is 8.28. The second-order valence-corrected chi connectivity index (χ2v) is 3.62. The van der Waals surface area contributed by atoms with Gasteiger partial charge in [-0.3, -0.25) is 0 Å². The molecule has 0 aliphatic rings. The molecule has 0 aliphatic heterocycles. The van der Waals surface area contributed by atoms with Crippen LogP contribution < -0.4 is 0 Å². The van der Waals surface area contributed by atoms with Gasteiger partial charge < -0.3 is 0 Å². The molecule has 1 aromatic rings. The second-order valence-electron chi connectivity index (χ2n) is 1.52. The lowest BCUT2D eigenvalue weighted by Crippen LogP contribution is -1.76. The van der Waals surface area contributed by atoms with Crippen LogP contribution in [0.5, 0.6) is 0 Å². The van der Waals surface area contributed by atoms with Gasteiger partial charge in [-0.1, -0.05) is 0 Å². The molecule has 0 saturated carbocycles. The Morgan fingerprint density at radius 1 is 1.73 bits per heavy atom. The largest absolute Gasteiger partial charge is 0.289 e. The van der Waals surface area contributed by atoms with E-state index in [0.29, 0.717) is 16.0 Å². The number of rotatable bonds is 2. The molecule has 0 atom stereocenters. The monoisotopic (exact) mass is 192 g/mol. The zero-order chi connectivity index (χ0) is 8.27. The maximum atomic E-state index is 11.7. The molecule has 0 amide bonds. The third-order valence-corrected chi connectivity index (χ3v) is 2.43. The smallest absolute Gasteiger partial charge is 0.198 e. The predicted molar refractivity (Wildman–Crippen MR) is 38.7 cm³/mol. The van der Waals surface area contributed by atoms with Gasteiger partial charge in [-0.15, -0.1) is 0 Å². The summed E-state index contributed by atoms with van der Waals surface area (Å²) in [7, 11) is 0. The van der Waals surface area contributed by atoms with E-state index in [1.807, 2.05) is 0 Å². The highest BCUT2D eigenvalue weighted by Crippen LogP contribution is 2.28. The number of alkyl halides is 2. The molecule has 0 N–H and O–H groups in total. The maximum absolute atomic E-state index is 11.7. The average molecular weight is 192 g/mol. The van der Waals surface area contributed by atoms with E-state index in [2.05, 4.69) is 4.37 Å². The molecular formula is C5H2F2N2S2. The molecule has 0 unspecified atom stereocenters. The van der Waals surface area contributed by atoms with E-state index in [1.165, 1.54) is 6.07 Å². The van der Waals surface area contributed by atoms with Crippen molar-refractivity contribution in [1.29, 1.82) is 5.26 Å². The zero-order valence-electron chi connectivity index (χ0n) is 5.12. The van der Waals surface area contributed by atoms with E-state index < -0.39 is 5.76 Å². The molecule has 0 radical (unpaired) electrons. The Morgan fingerprint density at radius 2 is 2.45 bits per heavy atom. The lowest BCUT2D eigenvalue weighted by atomic mass is 10.5. The van der Waals surface area contributed by atoms with Crippen molar-refractivity contribution in [3.63, 3.8) is 0 Å². The molecule has 0 bridgehead atoms. The molecule has 0 aliphatic carbocycles. The molecule has 11 heavy (non-hydrogen) atoms. The zero-order valence-corrected chi connectivity index (χ0v) is 6.75. The Hall–Kier alpha value is -0.670. The summed E-state index contributed by atoms with van der Waals surface area (Å²) in [6.45, 7) is 0. The number of halogens is 2. The van der Waals surface area contributed by atoms with E-state index in [0.717, 1.165) is 11.5 Å². The van der Waals surface area contributed by atoms with E-state index >= 15 is 0 Å². The van der Waals surface area contributed by atoms with Gasteiger partial charge in [0.2, 0.25) is 0 Å². The quantitative estimate of drug-likeness (QED) is 0.675. The van der Waals surface area contributed by atoms with E-state index in [4.69, 9.17) is 5.26 Å². The second kappa shape index (κ2) is 3.64. The summed E-state index contributed by atoms with van der Waals surface area (Å²) in [5.41, 5.74) is 0.193. The fourth-order valence-electron chi connectivity index (χ4n) is 0.455. The fourth-order valence-corrected chi connectivity index (χ4v) is 1.76. The van der Waals surface area contributed by atoms with Crippen LogP contribution in [-0.4, -0.2) is 10.1 Å². The van der Waals surface area contributed by atoms with E-state index in [-0.39, 0.29) is 5.69 Å². The number of nitrogens with zero attached hydrogens (tertiary/aromatic N) is 2. The first kappa shape index (κ1) is 8.43. The van der Waals surface area contributed by atoms with Gasteiger partial charge in [0, 0.05) is 6.07 Å². The molecule has 2 nitrogen and oxygen atoms in total. The van der Waals surface area contributed by atoms with Crippen LogP contribution in [0.25, 0.3) is 0 Å². The van der Waals surface area contributed by atoms with Gasteiger partial charge in [-0.05, 0) is 23.3 Å². The molecule has 1 aromatic heterocycles. The highest BCUT2D eigenvalue weighted by atomic mass is 32.2. The number of hydrogen-bond acceptors (Lipinski definition) is 4. The van der Waals surface area contributed by atoms with Crippen LogP contribution in [0.2, 0.25) is 0 Å². The van der Waals surface area contributed by atoms with Crippen molar-refractivity contribution < 1.29 is 8.78 Å². The van der Waals surface area contributed by atoms with Gasteiger partial charge in [0.05, 0.1) is 4.21 Å². The lowest BCUT2D eigenvalue weighted by Gasteiger charge is -1.90. The Morgan fingerprint density at radius 3 is 2.91 bits per heavy atom. The Balaban J connectivity index is 2.67. The summed E-state index contributed by atoms with van der Waals surface area (Å²) in [6, 6.07) is 3.11. The van der Waals surface area contributed by atoms with Crippen LogP contribution in [0.15, 0.2) is 10.3 Å². The molecular weight excluding hydrogens is 190 g/mol. The highest BCUT2D eigenvalue weighted by molar-refractivity contribution is 8.01. The molecule has 0 aromatic carbocycles. The van der Waals surface area contributed by atoms with Crippen molar-refractivity contribution >= 4 is 23.3 Å². The average Bonchev–Trinajstić information content (AvgIpc) is 2.34. The topological polar surface area (TPSA) is 36.7 Å². The first-order valence-electron chi connectivity index (χ1n) is 2.54. The van der Waals surface area contributed by atoms with Crippen LogP contribution >= 0.6 is 23.3 Å². The summed E-state index contributed by atoms with van der Waals surface area (Å²) in [5.74, 6) is -2.44. The predicted octanol–water partition coefficient (Wildman–Crippen LogP) is 2.33. The van der Waals surface area contributed by atoms with E-state index in [9.17, 15) is 8.78 Å². The van der Waals surface area contributed by atoms with Gasteiger partial charge in [-0.2, -0.15) is 18.4 Å². The van der Waals surface area contributed by atoms with Crippen molar-refractivity contribution in [3.8, 4) is 6.07 Å². The van der Waals surface area contributed by atoms with Crippen LogP contribution in [0.3, 0.4) is 0 Å². The van der Waals surface area contributed by atoms with Gasteiger partial charge >= 0.3 is 0 Å². The van der Waals surface area contributed by atoms with Crippen LogP contribution in [0, 0.1) is 11.3 Å². The summed E-state index contributed by atoms with van der Waals surface area (Å²) < 4.78 is 27.4. The Kier molecular flexibility index (Phi) is 2.79. The molecule has 58 valence electrons. The molecule has 0 saturated heterocycles. The lowest BCUT2D eigenvalue weighted by molar-refractivity contribution is 0.252. The number of hydrogen-bond donors (Lipinski definition) is 0. The summed E-state index contributed by atoms with van der Waals surface area (Å²) >= 11 is 1.32. The minimum absolute atomic E-state index is 0.193. The fraction of sp³-hybridized carbons (Fsp3) is 0.200. The summed E-state index contributed by atoms with van der Waals surface area (Å²) in [4.78, 5) is 0. The van der Waals surface area contributed by atoms with Crippen LogP contribution in [0.1, 0.15) is 5.69 Å². The van der Waals surface area contributed by atoms with Crippen molar-refractivity contribution in [2.45, 2.75) is 9.97 Å². The third-order valence-electron chi connectivity index (χ3n) is 0.808. The van der Waals surface area contributed by atoms with Crippen molar-refractivity contribution in [1.82, 2.24) is 4.37 Å².